The van der Waals surface area contributed by atoms with Gasteiger partial charge < -0.3 is 14.8 Å². The molecule has 3 aromatic rings. The van der Waals surface area contributed by atoms with Crippen molar-refractivity contribution < 1.29 is 14.3 Å². The number of carbonyl (C=O) groups excluding carboxylic acids is 1. The standard InChI is InChI=1S/C24H24N2O3/c1-14-15(2)29-24(28-14)17-5-3-16(4-6-17)21-12-22(21)23(27)26-20-8-7-19-13-25-10-9-18(19)11-20/h3-11,13-15,21-22,24H,12H2,1-2H3,(H,26,27)/t14-,15-,21?,22?/m0/s1. The molecule has 2 aromatic carbocycles. The maximum atomic E-state index is 12.7. The lowest BCUT2D eigenvalue weighted by atomic mass is 10.1. The highest BCUT2D eigenvalue weighted by molar-refractivity contribution is 5.97. The number of benzene rings is 2. The van der Waals surface area contributed by atoms with Crippen molar-refractivity contribution in [2.24, 2.45) is 5.92 Å². The first-order valence-electron chi connectivity index (χ1n) is 10.1. The number of fused-ring (bicyclic) bond motifs is 1. The monoisotopic (exact) mass is 388 g/mol. The second-order valence-electron chi connectivity index (χ2n) is 8.06. The second-order valence-corrected chi connectivity index (χ2v) is 8.06. The van der Waals surface area contributed by atoms with Gasteiger partial charge in [0.2, 0.25) is 5.91 Å². The third-order valence-corrected chi connectivity index (χ3v) is 6.01. The molecule has 1 amide bonds. The molecule has 2 unspecified atom stereocenters. The Bertz CT molecular complexity index is 1040. The largest absolute Gasteiger partial charge is 0.343 e. The van der Waals surface area contributed by atoms with Crippen molar-refractivity contribution in [1.29, 1.82) is 0 Å². The Morgan fingerprint density at radius 1 is 0.966 bits per heavy atom. The van der Waals surface area contributed by atoms with Crippen molar-refractivity contribution in [1.82, 2.24) is 4.98 Å². The quantitative estimate of drug-likeness (QED) is 0.697. The Kier molecular flexibility index (Phi) is 4.57. The molecule has 5 rings (SSSR count). The average molecular weight is 388 g/mol. The van der Waals surface area contributed by atoms with Gasteiger partial charge in [-0.05, 0) is 55.3 Å². The molecule has 1 aliphatic heterocycles. The Morgan fingerprint density at radius 3 is 2.45 bits per heavy atom. The SMILES string of the molecule is C[C@@H]1OC(c2ccc(C3CC3C(=O)Nc3ccc4cnccc4c3)cc2)O[C@H]1C. The van der Waals surface area contributed by atoms with E-state index >= 15 is 0 Å². The van der Waals surface area contributed by atoms with Gasteiger partial charge in [-0.1, -0.05) is 30.3 Å². The maximum Gasteiger partial charge on any atom is 0.228 e. The second kappa shape index (κ2) is 7.25. The number of hydrogen-bond acceptors (Lipinski definition) is 4. The van der Waals surface area contributed by atoms with E-state index in [-0.39, 0.29) is 36.2 Å². The van der Waals surface area contributed by atoms with Crippen LogP contribution < -0.4 is 5.32 Å². The minimum Gasteiger partial charge on any atom is -0.343 e. The molecule has 148 valence electrons. The van der Waals surface area contributed by atoms with E-state index in [0.29, 0.717) is 0 Å². The van der Waals surface area contributed by atoms with Gasteiger partial charge in [0.25, 0.3) is 0 Å². The highest BCUT2D eigenvalue weighted by atomic mass is 16.7. The van der Waals surface area contributed by atoms with Crippen LogP contribution in [-0.2, 0) is 14.3 Å². The highest BCUT2D eigenvalue weighted by Crippen LogP contribution is 2.48. The van der Waals surface area contributed by atoms with E-state index in [9.17, 15) is 4.79 Å². The van der Waals surface area contributed by atoms with Gasteiger partial charge in [-0.2, -0.15) is 0 Å². The van der Waals surface area contributed by atoms with Crippen molar-refractivity contribution in [2.45, 2.75) is 44.7 Å². The van der Waals surface area contributed by atoms with Gasteiger partial charge in [-0.25, -0.2) is 0 Å². The third kappa shape index (κ3) is 3.63. The number of anilines is 1. The maximum absolute atomic E-state index is 12.7. The normalized spacial score (nSPS) is 26.6. The van der Waals surface area contributed by atoms with Gasteiger partial charge in [0.05, 0.1) is 12.2 Å². The molecule has 0 bridgehead atoms. The Labute approximate surface area is 170 Å². The van der Waals surface area contributed by atoms with Crippen molar-refractivity contribution in [2.75, 3.05) is 5.32 Å². The predicted molar refractivity (Wildman–Crippen MR) is 111 cm³/mol. The summed E-state index contributed by atoms with van der Waals surface area (Å²) in [5.74, 6) is 0.377. The molecule has 2 fully saturated rings. The molecule has 1 aliphatic carbocycles. The number of rotatable bonds is 4. The summed E-state index contributed by atoms with van der Waals surface area (Å²) in [6.45, 7) is 4.05. The highest BCUT2D eigenvalue weighted by Gasteiger charge is 2.44. The predicted octanol–water partition coefficient (Wildman–Crippen LogP) is 4.80. The van der Waals surface area contributed by atoms with E-state index in [0.717, 1.165) is 28.4 Å². The number of amides is 1. The van der Waals surface area contributed by atoms with Gasteiger partial charge in [0.1, 0.15) is 0 Å². The molecule has 1 saturated heterocycles. The molecular weight excluding hydrogens is 364 g/mol. The summed E-state index contributed by atoms with van der Waals surface area (Å²) in [6, 6.07) is 16.1. The number of nitrogens with one attached hydrogen (secondary N) is 1. The summed E-state index contributed by atoms with van der Waals surface area (Å²) >= 11 is 0. The molecular formula is C24H24N2O3. The van der Waals surface area contributed by atoms with Gasteiger partial charge in [-0.15, -0.1) is 0 Å². The Morgan fingerprint density at radius 2 is 1.69 bits per heavy atom. The summed E-state index contributed by atoms with van der Waals surface area (Å²) in [4.78, 5) is 16.8. The topological polar surface area (TPSA) is 60.5 Å². The summed E-state index contributed by atoms with van der Waals surface area (Å²) in [5.41, 5.74) is 3.04. The molecule has 2 heterocycles. The van der Waals surface area contributed by atoms with Crippen LogP contribution >= 0.6 is 0 Å². The molecule has 1 N–H and O–H groups in total. The summed E-state index contributed by atoms with van der Waals surface area (Å²) < 4.78 is 11.7. The smallest absolute Gasteiger partial charge is 0.228 e. The lowest BCUT2D eigenvalue weighted by molar-refractivity contribution is -0.117. The van der Waals surface area contributed by atoms with E-state index in [4.69, 9.17) is 9.47 Å². The molecule has 5 nitrogen and oxygen atoms in total. The average Bonchev–Trinajstić information content (AvgIpc) is 3.47. The van der Waals surface area contributed by atoms with Crippen molar-refractivity contribution in [3.63, 3.8) is 0 Å². The van der Waals surface area contributed by atoms with Crippen LogP contribution in [0, 0.1) is 5.92 Å². The van der Waals surface area contributed by atoms with Gasteiger partial charge >= 0.3 is 0 Å². The zero-order chi connectivity index (χ0) is 20.0. The Balaban J connectivity index is 1.22. The van der Waals surface area contributed by atoms with Crippen LogP contribution in [0.1, 0.15) is 43.6 Å². The zero-order valence-corrected chi connectivity index (χ0v) is 16.5. The molecule has 0 radical (unpaired) electrons. The Hall–Kier alpha value is -2.76. The summed E-state index contributed by atoms with van der Waals surface area (Å²) in [7, 11) is 0. The first-order chi connectivity index (χ1) is 14.1. The number of nitrogens with zero attached hydrogens (tertiary/aromatic N) is 1. The van der Waals surface area contributed by atoms with E-state index in [1.54, 1.807) is 6.20 Å². The van der Waals surface area contributed by atoms with Gasteiger partial charge in [-0.3, -0.25) is 9.78 Å². The molecule has 5 heteroatoms. The van der Waals surface area contributed by atoms with Crippen molar-refractivity contribution >= 4 is 22.4 Å². The molecule has 2 aliphatic rings. The van der Waals surface area contributed by atoms with Gasteiger partial charge in [0, 0.05) is 34.9 Å². The molecule has 0 spiro atoms. The first-order valence-corrected chi connectivity index (χ1v) is 10.1. The zero-order valence-electron chi connectivity index (χ0n) is 16.5. The third-order valence-electron chi connectivity index (χ3n) is 6.01. The molecule has 4 atom stereocenters. The first kappa shape index (κ1) is 18.3. The number of ether oxygens (including phenoxy) is 2. The summed E-state index contributed by atoms with van der Waals surface area (Å²) in [5, 5.41) is 5.20. The van der Waals surface area contributed by atoms with E-state index in [1.807, 2.05) is 44.3 Å². The fourth-order valence-corrected chi connectivity index (χ4v) is 3.95. The van der Waals surface area contributed by atoms with E-state index in [2.05, 4.69) is 34.6 Å². The van der Waals surface area contributed by atoms with E-state index in [1.165, 1.54) is 5.56 Å². The minimum absolute atomic E-state index is 0.0213. The lowest BCUT2D eigenvalue weighted by Crippen LogP contribution is -2.14. The van der Waals surface area contributed by atoms with E-state index < -0.39 is 0 Å². The van der Waals surface area contributed by atoms with Crippen LogP contribution in [0.2, 0.25) is 0 Å². The molecule has 1 aromatic heterocycles. The van der Waals surface area contributed by atoms with Crippen LogP contribution in [0.3, 0.4) is 0 Å². The molecule has 29 heavy (non-hydrogen) atoms. The number of carbonyl (C=O) groups is 1. The van der Waals surface area contributed by atoms with Crippen LogP contribution in [-0.4, -0.2) is 23.1 Å². The van der Waals surface area contributed by atoms with Gasteiger partial charge in [0.15, 0.2) is 6.29 Å². The number of pyridine rings is 1. The van der Waals surface area contributed by atoms with Crippen molar-refractivity contribution in [3.05, 3.63) is 72.1 Å². The fraction of sp³-hybridized carbons (Fsp3) is 0.333. The number of aromatic nitrogens is 1. The minimum atomic E-state index is -0.296. The summed E-state index contributed by atoms with van der Waals surface area (Å²) in [6.07, 6.45) is 4.37. The lowest BCUT2D eigenvalue weighted by Gasteiger charge is -2.11. The van der Waals surface area contributed by atoms with Crippen LogP contribution in [0.25, 0.3) is 10.8 Å². The fourth-order valence-electron chi connectivity index (χ4n) is 3.95. The van der Waals surface area contributed by atoms with Crippen LogP contribution in [0.15, 0.2) is 60.9 Å². The molecule has 1 saturated carbocycles. The van der Waals surface area contributed by atoms with Crippen LogP contribution in [0.5, 0.6) is 0 Å². The number of hydrogen-bond donors (Lipinski definition) is 1. The van der Waals surface area contributed by atoms with Crippen LogP contribution in [0.4, 0.5) is 5.69 Å². The van der Waals surface area contributed by atoms with Crippen molar-refractivity contribution in [3.8, 4) is 0 Å².